The lowest BCUT2D eigenvalue weighted by Gasteiger charge is -2.17. The number of nitrogens with zero attached hydrogens (tertiary/aromatic N) is 4. The largest absolute Gasteiger partial charge is 0.443 e. The SMILES string of the molecule is O=C1N(Cc2ccc(C(F)(F)F)cc2)CCN1c1nc(S)c(-c2cnco2)s1. The van der Waals surface area contributed by atoms with Crippen molar-refractivity contribution in [3.8, 4) is 10.6 Å². The van der Waals surface area contributed by atoms with Crippen LogP contribution >= 0.6 is 24.0 Å². The van der Waals surface area contributed by atoms with E-state index in [2.05, 4.69) is 22.6 Å². The van der Waals surface area contributed by atoms with E-state index in [0.717, 1.165) is 12.1 Å². The average Bonchev–Trinajstić information content (AvgIpc) is 3.36. The van der Waals surface area contributed by atoms with Crippen molar-refractivity contribution in [2.24, 2.45) is 0 Å². The second-order valence-corrected chi connectivity index (χ2v) is 7.47. The molecule has 6 nitrogen and oxygen atoms in total. The van der Waals surface area contributed by atoms with E-state index in [0.29, 0.717) is 39.4 Å². The van der Waals surface area contributed by atoms with E-state index in [1.807, 2.05) is 0 Å². The number of carbonyl (C=O) groups is 1. The highest BCUT2D eigenvalue weighted by Gasteiger charge is 2.33. The number of halogens is 3. The van der Waals surface area contributed by atoms with Gasteiger partial charge < -0.3 is 9.32 Å². The minimum absolute atomic E-state index is 0.224. The van der Waals surface area contributed by atoms with Gasteiger partial charge in [0.05, 0.1) is 11.8 Å². The van der Waals surface area contributed by atoms with Gasteiger partial charge >= 0.3 is 12.2 Å². The summed E-state index contributed by atoms with van der Waals surface area (Å²) in [6, 6.07) is 4.55. The average molecular weight is 426 g/mol. The van der Waals surface area contributed by atoms with Crippen molar-refractivity contribution in [2.45, 2.75) is 17.7 Å². The number of thiol groups is 1. The number of amides is 2. The van der Waals surface area contributed by atoms with Gasteiger partial charge in [0.15, 0.2) is 17.3 Å². The van der Waals surface area contributed by atoms with Crippen LogP contribution in [0.5, 0.6) is 0 Å². The Bertz CT molecular complexity index is 987. The minimum Gasteiger partial charge on any atom is -0.443 e. The Kier molecular flexibility index (Phi) is 4.79. The number of hydrogen-bond donors (Lipinski definition) is 1. The van der Waals surface area contributed by atoms with E-state index >= 15 is 0 Å². The van der Waals surface area contributed by atoms with Gasteiger partial charge in [-0.15, -0.1) is 12.6 Å². The van der Waals surface area contributed by atoms with Crippen molar-refractivity contribution in [1.29, 1.82) is 0 Å². The molecule has 28 heavy (non-hydrogen) atoms. The third kappa shape index (κ3) is 3.59. The van der Waals surface area contributed by atoms with E-state index in [1.165, 1.54) is 34.8 Å². The molecule has 3 aromatic rings. The topological polar surface area (TPSA) is 62.5 Å². The Morgan fingerprint density at radius 3 is 2.61 bits per heavy atom. The molecule has 0 radical (unpaired) electrons. The zero-order valence-corrected chi connectivity index (χ0v) is 15.9. The molecule has 4 rings (SSSR count). The van der Waals surface area contributed by atoms with Gasteiger partial charge in [-0.3, -0.25) is 4.90 Å². The maximum Gasteiger partial charge on any atom is 0.416 e. The lowest BCUT2D eigenvalue weighted by atomic mass is 10.1. The molecule has 1 aromatic carbocycles. The van der Waals surface area contributed by atoms with Crippen molar-refractivity contribution >= 4 is 35.1 Å². The molecule has 146 valence electrons. The first-order valence-corrected chi connectivity index (χ1v) is 9.40. The Morgan fingerprint density at radius 2 is 1.96 bits per heavy atom. The van der Waals surface area contributed by atoms with Crippen LogP contribution in [0.1, 0.15) is 11.1 Å². The van der Waals surface area contributed by atoms with E-state index in [9.17, 15) is 18.0 Å². The number of thiazole rings is 1. The molecule has 0 spiro atoms. The summed E-state index contributed by atoms with van der Waals surface area (Å²) >= 11 is 5.59. The van der Waals surface area contributed by atoms with Crippen molar-refractivity contribution in [2.75, 3.05) is 18.0 Å². The molecular formula is C17H13F3N4O2S2. The highest BCUT2D eigenvalue weighted by molar-refractivity contribution is 7.80. The summed E-state index contributed by atoms with van der Waals surface area (Å²) < 4.78 is 43.3. The molecule has 0 N–H and O–H groups in total. The first-order chi connectivity index (χ1) is 13.3. The minimum atomic E-state index is -4.38. The number of anilines is 1. The summed E-state index contributed by atoms with van der Waals surface area (Å²) in [5.74, 6) is 0.516. The number of hydrogen-bond acceptors (Lipinski definition) is 6. The van der Waals surface area contributed by atoms with Gasteiger partial charge in [0.2, 0.25) is 0 Å². The monoisotopic (exact) mass is 426 g/mol. The fourth-order valence-corrected chi connectivity index (χ4v) is 4.18. The van der Waals surface area contributed by atoms with Crippen molar-refractivity contribution in [3.05, 3.63) is 48.0 Å². The zero-order chi connectivity index (χ0) is 19.9. The maximum absolute atomic E-state index is 12.7. The zero-order valence-electron chi connectivity index (χ0n) is 14.2. The maximum atomic E-state index is 12.7. The summed E-state index contributed by atoms with van der Waals surface area (Å²) in [7, 11) is 0. The molecule has 2 aromatic heterocycles. The predicted molar refractivity (Wildman–Crippen MR) is 99.5 cm³/mol. The number of aromatic nitrogens is 2. The smallest absolute Gasteiger partial charge is 0.416 e. The van der Waals surface area contributed by atoms with Crippen molar-refractivity contribution in [1.82, 2.24) is 14.9 Å². The second-order valence-electron chi connectivity index (χ2n) is 6.07. The molecule has 1 aliphatic rings. The summed E-state index contributed by atoms with van der Waals surface area (Å²) in [5.41, 5.74) is -0.0887. The van der Waals surface area contributed by atoms with E-state index in [-0.39, 0.29) is 12.6 Å². The highest BCUT2D eigenvalue weighted by atomic mass is 32.1. The standard InChI is InChI=1S/C17H13F3N4O2S2/c18-17(19,20)11-3-1-10(2-4-11)8-23-5-6-24(16(23)25)15-22-14(27)13(28-15)12-7-21-9-26-12/h1-4,7,9,27H,5-6,8H2. The van der Waals surface area contributed by atoms with Crippen molar-refractivity contribution in [3.63, 3.8) is 0 Å². The molecule has 0 unspecified atom stereocenters. The van der Waals surface area contributed by atoms with E-state index in [4.69, 9.17) is 4.42 Å². The van der Waals surface area contributed by atoms with Crippen LogP contribution in [-0.2, 0) is 12.7 Å². The number of benzene rings is 1. The number of rotatable bonds is 4. The Hall–Kier alpha value is -2.53. The molecule has 1 saturated heterocycles. The number of alkyl halides is 3. The van der Waals surface area contributed by atoms with Crippen LogP contribution in [0.2, 0.25) is 0 Å². The highest BCUT2D eigenvalue weighted by Crippen LogP contribution is 2.38. The molecule has 0 saturated carbocycles. The summed E-state index contributed by atoms with van der Waals surface area (Å²) in [5, 5.41) is 0.919. The normalized spacial score (nSPS) is 14.9. The number of carbonyl (C=O) groups excluding carboxylic acids is 1. The Morgan fingerprint density at radius 1 is 1.21 bits per heavy atom. The quantitative estimate of drug-likeness (QED) is 0.622. The lowest BCUT2D eigenvalue weighted by Crippen LogP contribution is -2.31. The summed E-state index contributed by atoms with van der Waals surface area (Å²) in [6.45, 7) is 1.09. The van der Waals surface area contributed by atoms with Gasteiger partial charge in [-0.25, -0.2) is 14.8 Å². The van der Waals surface area contributed by atoms with Crippen LogP contribution in [0.4, 0.5) is 23.1 Å². The van der Waals surface area contributed by atoms with Gasteiger partial charge in [-0.1, -0.05) is 23.5 Å². The summed E-state index contributed by atoms with van der Waals surface area (Å²) in [4.78, 5) is 24.7. The Labute approximate surface area is 167 Å². The summed E-state index contributed by atoms with van der Waals surface area (Å²) in [6.07, 6.45) is -1.54. The fourth-order valence-electron chi connectivity index (χ4n) is 2.83. The third-order valence-electron chi connectivity index (χ3n) is 4.23. The lowest BCUT2D eigenvalue weighted by molar-refractivity contribution is -0.137. The van der Waals surface area contributed by atoms with Gasteiger partial charge in [-0.2, -0.15) is 13.2 Å². The predicted octanol–water partition coefficient (Wildman–Crippen LogP) is 4.55. The molecule has 1 aliphatic heterocycles. The molecule has 2 amide bonds. The van der Waals surface area contributed by atoms with Crippen LogP contribution in [0.3, 0.4) is 0 Å². The van der Waals surface area contributed by atoms with Gasteiger partial charge in [0, 0.05) is 19.6 Å². The number of urea groups is 1. The second kappa shape index (κ2) is 7.13. The fraction of sp³-hybridized carbons (Fsp3) is 0.235. The van der Waals surface area contributed by atoms with Crippen LogP contribution in [0.15, 0.2) is 46.3 Å². The van der Waals surface area contributed by atoms with Crippen molar-refractivity contribution < 1.29 is 22.4 Å². The molecule has 11 heteroatoms. The van der Waals surface area contributed by atoms with E-state index in [1.54, 1.807) is 11.1 Å². The number of oxazole rings is 1. The van der Waals surface area contributed by atoms with Crippen LogP contribution < -0.4 is 4.90 Å². The first-order valence-electron chi connectivity index (χ1n) is 8.14. The molecule has 0 atom stereocenters. The van der Waals surface area contributed by atoms with Gasteiger partial charge in [0.25, 0.3) is 0 Å². The molecule has 1 fully saturated rings. The van der Waals surface area contributed by atoms with Crippen LogP contribution in [0, 0.1) is 0 Å². The van der Waals surface area contributed by atoms with Gasteiger partial charge in [0.1, 0.15) is 9.90 Å². The molecule has 0 aliphatic carbocycles. The Balaban J connectivity index is 1.48. The molecule has 0 bridgehead atoms. The van der Waals surface area contributed by atoms with Crippen LogP contribution in [0.25, 0.3) is 10.6 Å². The first kappa shape index (κ1) is 18.8. The van der Waals surface area contributed by atoms with E-state index < -0.39 is 11.7 Å². The molecule has 3 heterocycles. The van der Waals surface area contributed by atoms with Crippen LogP contribution in [-0.4, -0.2) is 34.0 Å². The van der Waals surface area contributed by atoms with Gasteiger partial charge in [-0.05, 0) is 17.7 Å². The third-order valence-corrected chi connectivity index (χ3v) is 5.80. The molecular weight excluding hydrogens is 413 g/mol.